The average Bonchev–Trinajstić information content (AvgIpc) is 2.45. The molecule has 1 aromatic rings. The summed E-state index contributed by atoms with van der Waals surface area (Å²) in [6, 6.07) is 0. The number of aromatic nitrogens is 2. The minimum Gasteiger partial charge on any atom is -0.366 e. The van der Waals surface area contributed by atoms with E-state index < -0.39 is 0 Å². The lowest BCUT2D eigenvalue weighted by Crippen LogP contribution is -2.40. The summed E-state index contributed by atoms with van der Waals surface area (Å²) in [6.07, 6.45) is 4.95. The number of piperidine rings is 1. The molecule has 1 aromatic heterocycles. The van der Waals surface area contributed by atoms with E-state index in [1.807, 2.05) is 0 Å². The fraction of sp³-hybridized carbons (Fsp3) is 0.714. The second-order valence-electron chi connectivity index (χ2n) is 5.46. The standard InChI is InChI=1S/C14H25N5O/c1-11-17-10-13(14(20)18-11)19-7-3-12(4-8-19)9-16-6-2-5-15/h10,12,16H,2-9,15H2,1H3,(H,17,18,20). The van der Waals surface area contributed by atoms with Crippen molar-refractivity contribution in [3.63, 3.8) is 0 Å². The van der Waals surface area contributed by atoms with Gasteiger partial charge < -0.3 is 20.9 Å². The maximum Gasteiger partial charge on any atom is 0.274 e. The van der Waals surface area contributed by atoms with Crippen molar-refractivity contribution in [1.29, 1.82) is 0 Å². The Bertz CT molecular complexity index is 465. The first-order valence-electron chi connectivity index (χ1n) is 7.42. The molecular formula is C14H25N5O. The van der Waals surface area contributed by atoms with Gasteiger partial charge in [-0.3, -0.25) is 4.79 Å². The van der Waals surface area contributed by atoms with Gasteiger partial charge in [-0.15, -0.1) is 0 Å². The maximum absolute atomic E-state index is 11.9. The molecule has 1 aliphatic rings. The summed E-state index contributed by atoms with van der Waals surface area (Å²) in [5.74, 6) is 1.36. The Kier molecular flexibility index (Phi) is 5.55. The van der Waals surface area contributed by atoms with E-state index >= 15 is 0 Å². The lowest BCUT2D eigenvalue weighted by Gasteiger charge is -2.32. The number of rotatable bonds is 6. The molecule has 0 radical (unpaired) electrons. The van der Waals surface area contributed by atoms with Crippen LogP contribution in [0.4, 0.5) is 5.69 Å². The highest BCUT2D eigenvalue weighted by Gasteiger charge is 2.20. The van der Waals surface area contributed by atoms with Gasteiger partial charge in [-0.2, -0.15) is 0 Å². The summed E-state index contributed by atoms with van der Waals surface area (Å²) in [6.45, 7) is 6.45. The van der Waals surface area contributed by atoms with E-state index in [1.165, 1.54) is 0 Å². The third kappa shape index (κ3) is 4.05. The van der Waals surface area contributed by atoms with Crippen LogP contribution >= 0.6 is 0 Å². The van der Waals surface area contributed by atoms with Gasteiger partial charge in [-0.25, -0.2) is 4.98 Å². The minimum absolute atomic E-state index is 0.0305. The summed E-state index contributed by atoms with van der Waals surface area (Å²) in [4.78, 5) is 21.0. The molecule has 4 N–H and O–H groups in total. The van der Waals surface area contributed by atoms with Crippen LogP contribution in [-0.4, -0.2) is 42.7 Å². The zero-order valence-electron chi connectivity index (χ0n) is 12.2. The van der Waals surface area contributed by atoms with Crippen LogP contribution in [0.5, 0.6) is 0 Å². The van der Waals surface area contributed by atoms with Gasteiger partial charge in [0.1, 0.15) is 11.5 Å². The Balaban J connectivity index is 1.80. The van der Waals surface area contributed by atoms with Crippen molar-refractivity contribution in [2.24, 2.45) is 11.7 Å². The number of nitrogens with one attached hydrogen (secondary N) is 2. The molecule has 0 saturated carbocycles. The van der Waals surface area contributed by atoms with Crippen LogP contribution in [0.1, 0.15) is 25.1 Å². The summed E-state index contributed by atoms with van der Waals surface area (Å²) < 4.78 is 0. The van der Waals surface area contributed by atoms with Gasteiger partial charge in [0, 0.05) is 13.1 Å². The van der Waals surface area contributed by atoms with Crippen molar-refractivity contribution in [2.75, 3.05) is 37.6 Å². The summed E-state index contributed by atoms with van der Waals surface area (Å²) in [5.41, 5.74) is 6.14. The highest BCUT2D eigenvalue weighted by molar-refractivity contribution is 5.42. The summed E-state index contributed by atoms with van der Waals surface area (Å²) in [7, 11) is 0. The van der Waals surface area contributed by atoms with Crippen LogP contribution in [0.2, 0.25) is 0 Å². The third-order valence-electron chi connectivity index (χ3n) is 3.85. The second-order valence-corrected chi connectivity index (χ2v) is 5.46. The number of aromatic amines is 1. The van der Waals surface area contributed by atoms with Gasteiger partial charge >= 0.3 is 0 Å². The topological polar surface area (TPSA) is 87.0 Å². The van der Waals surface area contributed by atoms with Gasteiger partial charge in [-0.05, 0) is 51.7 Å². The van der Waals surface area contributed by atoms with Gasteiger partial charge in [-0.1, -0.05) is 0 Å². The molecule has 0 unspecified atom stereocenters. The minimum atomic E-state index is -0.0305. The van der Waals surface area contributed by atoms with E-state index in [9.17, 15) is 4.79 Å². The second kappa shape index (κ2) is 7.40. The maximum atomic E-state index is 11.9. The van der Waals surface area contributed by atoms with E-state index in [2.05, 4.69) is 20.2 Å². The highest BCUT2D eigenvalue weighted by atomic mass is 16.1. The highest BCUT2D eigenvalue weighted by Crippen LogP contribution is 2.19. The number of hydrogen-bond donors (Lipinski definition) is 3. The number of nitrogens with zero attached hydrogens (tertiary/aromatic N) is 2. The molecule has 1 saturated heterocycles. The van der Waals surface area contributed by atoms with Gasteiger partial charge in [0.2, 0.25) is 0 Å². The number of anilines is 1. The molecule has 6 nitrogen and oxygen atoms in total. The quantitative estimate of drug-likeness (QED) is 0.649. The van der Waals surface area contributed by atoms with Crippen molar-refractivity contribution in [2.45, 2.75) is 26.2 Å². The average molecular weight is 279 g/mol. The van der Waals surface area contributed by atoms with Crippen molar-refractivity contribution >= 4 is 5.69 Å². The van der Waals surface area contributed by atoms with Crippen LogP contribution in [0.3, 0.4) is 0 Å². The molecule has 0 bridgehead atoms. The van der Waals surface area contributed by atoms with Gasteiger partial charge in [0.05, 0.1) is 6.20 Å². The smallest absolute Gasteiger partial charge is 0.274 e. The van der Waals surface area contributed by atoms with Crippen LogP contribution in [0.15, 0.2) is 11.0 Å². The molecule has 2 heterocycles. The normalized spacial score (nSPS) is 16.6. The Morgan fingerprint density at radius 3 is 2.90 bits per heavy atom. The fourth-order valence-electron chi connectivity index (χ4n) is 2.61. The summed E-state index contributed by atoms with van der Waals surface area (Å²) >= 11 is 0. The molecular weight excluding hydrogens is 254 g/mol. The predicted molar refractivity (Wildman–Crippen MR) is 81.1 cm³/mol. The Hall–Kier alpha value is -1.40. The van der Waals surface area contributed by atoms with Crippen LogP contribution in [0.25, 0.3) is 0 Å². The Labute approximate surface area is 119 Å². The zero-order valence-corrected chi connectivity index (χ0v) is 12.2. The van der Waals surface area contributed by atoms with Crippen LogP contribution in [-0.2, 0) is 0 Å². The molecule has 2 rings (SSSR count). The SMILES string of the molecule is Cc1ncc(N2CCC(CNCCCN)CC2)c(=O)[nH]1. The van der Waals surface area contributed by atoms with Gasteiger partial charge in [0.15, 0.2) is 0 Å². The molecule has 1 fully saturated rings. The van der Waals surface area contributed by atoms with Crippen LogP contribution < -0.4 is 21.5 Å². The number of nitrogens with two attached hydrogens (primary N) is 1. The predicted octanol–water partition coefficient (Wildman–Crippen LogP) is 0.233. The zero-order chi connectivity index (χ0) is 14.4. The summed E-state index contributed by atoms with van der Waals surface area (Å²) in [5, 5.41) is 3.45. The van der Waals surface area contributed by atoms with Gasteiger partial charge in [0.25, 0.3) is 5.56 Å². The van der Waals surface area contributed by atoms with Crippen molar-refractivity contribution in [3.8, 4) is 0 Å². The molecule has 0 atom stereocenters. The first-order valence-corrected chi connectivity index (χ1v) is 7.42. The van der Waals surface area contributed by atoms with E-state index in [4.69, 9.17) is 5.73 Å². The Morgan fingerprint density at radius 2 is 2.25 bits per heavy atom. The molecule has 0 aliphatic carbocycles. The van der Waals surface area contributed by atoms with Crippen molar-refractivity contribution in [1.82, 2.24) is 15.3 Å². The molecule has 6 heteroatoms. The lowest BCUT2D eigenvalue weighted by atomic mass is 9.96. The van der Waals surface area contributed by atoms with E-state index in [0.717, 1.165) is 52.0 Å². The molecule has 0 aromatic carbocycles. The van der Waals surface area contributed by atoms with Crippen molar-refractivity contribution < 1.29 is 0 Å². The Morgan fingerprint density at radius 1 is 1.50 bits per heavy atom. The largest absolute Gasteiger partial charge is 0.366 e. The van der Waals surface area contributed by atoms with E-state index in [0.29, 0.717) is 17.4 Å². The first kappa shape index (κ1) is 15.0. The fourth-order valence-corrected chi connectivity index (χ4v) is 2.61. The number of aryl methyl sites for hydroxylation is 1. The van der Waals surface area contributed by atoms with E-state index in [1.54, 1.807) is 13.1 Å². The first-order chi connectivity index (χ1) is 9.70. The lowest BCUT2D eigenvalue weighted by molar-refractivity contribution is 0.382. The molecule has 20 heavy (non-hydrogen) atoms. The molecule has 112 valence electrons. The molecule has 0 amide bonds. The third-order valence-corrected chi connectivity index (χ3v) is 3.85. The van der Waals surface area contributed by atoms with Crippen molar-refractivity contribution in [3.05, 3.63) is 22.4 Å². The molecule has 1 aliphatic heterocycles. The number of hydrogen-bond acceptors (Lipinski definition) is 5. The van der Waals surface area contributed by atoms with E-state index in [-0.39, 0.29) is 5.56 Å². The monoisotopic (exact) mass is 279 g/mol. The molecule has 0 spiro atoms. The van der Waals surface area contributed by atoms with Crippen LogP contribution in [0, 0.1) is 12.8 Å². The number of H-pyrrole nitrogens is 1.